The molecule has 0 aliphatic rings. The normalized spacial score (nSPS) is 10.2. The number of rotatable bonds is 3. The van der Waals surface area contributed by atoms with Crippen LogP contribution in [0.1, 0.15) is 10.6 Å². The maximum absolute atomic E-state index is 10.4. The van der Waals surface area contributed by atoms with Gasteiger partial charge in [0.15, 0.2) is 17.1 Å². The quantitative estimate of drug-likeness (QED) is 0.810. The predicted octanol–water partition coefficient (Wildman–Crippen LogP) is 3.40. The molecule has 0 spiro atoms. The van der Waals surface area contributed by atoms with E-state index < -0.39 is 0 Å². The van der Waals surface area contributed by atoms with Crippen molar-refractivity contribution in [1.29, 1.82) is 0 Å². The van der Waals surface area contributed by atoms with Crippen molar-refractivity contribution in [3.05, 3.63) is 40.7 Å². The molecule has 0 aliphatic heterocycles. The molecule has 0 saturated carbocycles. The number of pyridine rings is 1. The van der Waals surface area contributed by atoms with Gasteiger partial charge in [-0.05, 0) is 52.0 Å². The van der Waals surface area contributed by atoms with Gasteiger partial charge in [-0.25, -0.2) is 4.98 Å². The highest BCUT2D eigenvalue weighted by Gasteiger charge is 2.03. The summed E-state index contributed by atoms with van der Waals surface area (Å²) in [7, 11) is 0. The van der Waals surface area contributed by atoms with Gasteiger partial charge in [0.2, 0.25) is 0 Å². The molecule has 0 aromatic carbocycles. The molecule has 2 aromatic heterocycles. The van der Waals surface area contributed by atoms with Crippen LogP contribution >= 0.6 is 27.7 Å². The first-order valence-corrected chi connectivity index (χ1v) is 5.73. The highest BCUT2D eigenvalue weighted by Crippen LogP contribution is 2.27. The van der Waals surface area contributed by atoms with Crippen LogP contribution in [0.2, 0.25) is 0 Å². The molecular formula is C10H6BrNO2S. The Labute approximate surface area is 99.0 Å². The van der Waals surface area contributed by atoms with E-state index in [0.717, 1.165) is 9.50 Å². The number of hydrogen-bond acceptors (Lipinski definition) is 4. The summed E-state index contributed by atoms with van der Waals surface area (Å²) < 4.78 is 6.14. The number of aldehydes is 1. The van der Waals surface area contributed by atoms with Crippen LogP contribution in [-0.2, 0) is 0 Å². The average molecular weight is 284 g/mol. The van der Waals surface area contributed by atoms with Crippen molar-refractivity contribution in [1.82, 2.24) is 4.98 Å². The molecular weight excluding hydrogens is 278 g/mol. The second-order valence-corrected chi connectivity index (χ2v) is 4.63. The van der Waals surface area contributed by atoms with Gasteiger partial charge in [-0.1, -0.05) is 0 Å². The number of hydrogen-bond donors (Lipinski definition) is 0. The van der Waals surface area contributed by atoms with Gasteiger partial charge in [-0.3, -0.25) is 4.79 Å². The van der Waals surface area contributed by atoms with Gasteiger partial charge < -0.3 is 4.42 Å². The van der Waals surface area contributed by atoms with Crippen LogP contribution in [0.25, 0.3) is 0 Å². The van der Waals surface area contributed by atoms with Crippen molar-refractivity contribution >= 4 is 34.0 Å². The number of aromatic nitrogens is 1. The maximum atomic E-state index is 10.4. The van der Waals surface area contributed by atoms with Crippen LogP contribution in [0.3, 0.4) is 0 Å². The highest BCUT2D eigenvalue weighted by atomic mass is 79.9. The summed E-state index contributed by atoms with van der Waals surface area (Å²) in [6, 6.07) is 7.16. The monoisotopic (exact) mass is 283 g/mol. The topological polar surface area (TPSA) is 43.1 Å². The first-order chi connectivity index (χ1) is 7.28. The molecule has 0 N–H and O–H groups in total. The van der Waals surface area contributed by atoms with E-state index >= 15 is 0 Å². The first-order valence-electron chi connectivity index (χ1n) is 4.12. The Morgan fingerprint density at radius 3 is 2.80 bits per heavy atom. The lowest BCUT2D eigenvalue weighted by Gasteiger charge is -1.96. The van der Waals surface area contributed by atoms with Gasteiger partial charge >= 0.3 is 0 Å². The van der Waals surface area contributed by atoms with E-state index in [9.17, 15) is 4.79 Å². The van der Waals surface area contributed by atoms with E-state index in [1.165, 1.54) is 11.8 Å². The molecule has 0 bridgehead atoms. The minimum atomic E-state index is 0.328. The van der Waals surface area contributed by atoms with E-state index in [0.29, 0.717) is 17.1 Å². The zero-order valence-electron chi connectivity index (χ0n) is 7.51. The lowest BCUT2D eigenvalue weighted by Crippen LogP contribution is -1.77. The van der Waals surface area contributed by atoms with Gasteiger partial charge in [-0.15, -0.1) is 0 Å². The van der Waals surface area contributed by atoms with Crippen molar-refractivity contribution in [2.75, 3.05) is 0 Å². The van der Waals surface area contributed by atoms with Crippen molar-refractivity contribution in [3.8, 4) is 0 Å². The Morgan fingerprint density at radius 1 is 1.33 bits per heavy atom. The molecule has 0 saturated heterocycles. The average Bonchev–Trinajstić information content (AvgIpc) is 2.69. The summed E-state index contributed by atoms with van der Waals surface area (Å²) in [5.74, 6) is 0.328. The van der Waals surface area contributed by atoms with Crippen LogP contribution in [-0.4, -0.2) is 11.3 Å². The summed E-state index contributed by atoms with van der Waals surface area (Å²) >= 11 is 4.68. The number of halogens is 1. The molecule has 0 fully saturated rings. The van der Waals surface area contributed by atoms with Crippen molar-refractivity contribution < 1.29 is 9.21 Å². The molecule has 2 heterocycles. The third kappa shape index (κ3) is 2.70. The third-order valence-electron chi connectivity index (χ3n) is 1.62. The summed E-state index contributed by atoms with van der Waals surface area (Å²) in [5, 5.41) is 1.48. The Bertz CT molecular complexity index is 467. The van der Waals surface area contributed by atoms with E-state index in [2.05, 4.69) is 20.9 Å². The van der Waals surface area contributed by atoms with Gasteiger partial charge in [0, 0.05) is 10.7 Å². The van der Waals surface area contributed by atoms with Gasteiger partial charge in [0.25, 0.3) is 0 Å². The molecule has 0 amide bonds. The molecule has 0 aliphatic carbocycles. The first kappa shape index (κ1) is 10.4. The number of furan rings is 1. The van der Waals surface area contributed by atoms with Crippen LogP contribution in [0.5, 0.6) is 0 Å². The Hall–Kier alpha value is -1.07. The van der Waals surface area contributed by atoms with E-state index in [4.69, 9.17) is 4.42 Å². The number of nitrogens with zero attached hydrogens (tertiary/aromatic N) is 1. The third-order valence-corrected chi connectivity index (χ3v) is 2.96. The second-order valence-electron chi connectivity index (χ2n) is 2.69. The van der Waals surface area contributed by atoms with E-state index in [-0.39, 0.29) is 0 Å². The SMILES string of the molecule is O=Cc1ccc(Sc2ccc(Br)cn2)o1. The van der Waals surface area contributed by atoms with Crippen molar-refractivity contribution in [2.45, 2.75) is 10.1 Å². The number of carbonyl (C=O) groups excluding carboxylic acids is 1. The largest absolute Gasteiger partial charge is 0.447 e. The highest BCUT2D eigenvalue weighted by molar-refractivity contribution is 9.10. The molecule has 0 unspecified atom stereocenters. The smallest absolute Gasteiger partial charge is 0.185 e. The molecule has 0 atom stereocenters. The zero-order valence-corrected chi connectivity index (χ0v) is 9.92. The maximum Gasteiger partial charge on any atom is 0.185 e. The van der Waals surface area contributed by atoms with Gasteiger partial charge in [0.05, 0.1) is 0 Å². The molecule has 76 valence electrons. The summed E-state index contributed by atoms with van der Waals surface area (Å²) in [6.07, 6.45) is 2.39. The molecule has 5 heteroatoms. The van der Waals surface area contributed by atoms with Crippen molar-refractivity contribution in [3.63, 3.8) is 0 Å². The predicted molar refractivity (Wildman–Crippen MR) is 60.2 cm³/mol. The number of carbonyl (C=O) groups is 1. The fourth-order valence-corrected chi connectivity index (χ4v) is 1.93. The molecule has 2 rings (SSSR count). The Balaban J connectivity index is 2.14. The Morgan fingerprint density at radius 2 is 2.20 bits per heavy atom. The summed E-state index contributed by atoms with van der Waals surface area (Å²) in [5.41, 5.74) is 0. The van der Waals surface area contributed by atoms with Gasteiger partial charge in [0.1, 0.15) is 5.03 Å². The summed E-state index contributed by atoms with van der Waals surface area (Å²) in [4.78, 5) is 14.6. The van der Waals surface area contributed by atoms with E-state index in [1.54, 1.807) is 18.3 Å². The van der Waals surface area contributed by atoms with Gasteiger partial charge in [-0.2, -0.15) is 0 Å². The summed E-state index contributed by atoms with van der Waals surface area (Å²) in [6.45, 7) is 0. The fourth-order valence-electron chi connectivity index (χ4n) is 0.978. The molecule has 3 nitrogen and oxygen atoms in total. The molecule has 2 aromatic rings. The second kappa shape index (κ2) is 4.63. The lowest BCUT2D eigenvalue weighted by atomic mass is 10.5. The fraction of sp³-hybridized carbons (Fsp3) is 0. The standard InChI is InChI=1S/C10H6BrNO2S/c11-7-1-3-9(12-5-7)15-10-4-2-8(6-13)14-10/h1-6H. The molecule has 15 heavy (non-hydrogen) atoms. The van der Waals surface area contributed by atoms with Crippen LogP contribution in [0, 0.1) is 0 Å². The van der Waals surface area contributed by atoms with Crippen LogP contribution < -0.4 is 0 Å². The lowest BCUT2D eigenvalue weighted by molar-refractivity contribution is 0.109. The van der Waals surface area contributed by atoms with Crippen LogP contribution in [0.4, 0.5) is 0 Å². The zero-order chi connectivity index (χ0) is 10.7. The Kier molecular flexibility index (Phi) is 3.23. The minimum Gasteiger partial charge on any atom is -0.447 e. The minimum absolute atomic E-state index is 0.328. The van der Waals surface area contributed by atoms with E-state index in [1.807, 2.05) is 12.1 Å². The van der Waals surface area contributed by atoms with Crippen molar-refractivity contribution in [2.24, 2.45) is 0 Å². The van der Waals surface area contributed by atoms with Crippen LogP contribution in [0.15, 0.2) is 49.5 Å². The molecule has 0 radical (unpaired) electrons.